The minimum atomic E-state index is -0.621. The molecule has 1 aromatic heterocycles. The summed E-state index contributed by atoms with van der Waals surface area (Å²) in [5.41, 5.74) is 0.537. The molecule has 1 amide bonds. The van der Waals surface area contributed by atoms with Gasteiger partial charge in [0.2, 0.25) is 5.91 Å². The summed E-state index contributed by atoms with van der Waals surface area (Å²) in [5, 5.41) is 11.8. The lowest BCUT2D eigenvalue weighted by Gasteiger charge is -2.11. The van der Waals surface area contributed by atoms with Gasteiger partial charge in [-0.25, -0.2) is 9.59 Å². The average Bonchev–Trinajstić information content (AvgIpc) is 3.50. The third-order valence-corrected chi connectivity index (χ3v) is 5.42. The van der Waals surface area contributed by atoms with Crippen LogP contribution in [-0.2, 0) is 20.8 Å². The monoisotopic (exact) mass is 418 g/mol. The van der Waals surface area contributed by atoms with Crippen LogP contribution in [0.1, 0.15) is 52.2 Å². The van der Waals surface area contributed by atoms with Crippen molar-refractivity contribution in [3.8, 4) is 0 Å². The average molecular weight is 418 g/mol. The Labute approximate surface area is 172 Å². The van der Waals surface area contributed by atoms with Gasteiger partial charge in [0.25, 0.3) is 0 Å². The van der Waals surface area contributed by atoms with Gasteiger partial charge in [-0.05, 0) is 38.0 Å². The molecule has 10 heteroatoms. The maximum atomic E-state index is 12.5. The molecule has 0 saturated heterocycles. The summed E-state index contributed by atoms with van der Waals surface area (Å²) in [4.78, 5) is 36.3. The molecule has 1 aliphatic rings. The second-order valence-corrected chi connectivity index (χ2v) is 7.38. The molecule has 9 nitrogen and oxygen atoms in total. The van der Waals surface area contributed by atoms with Crippen molar-refractivity contribution in [2.24, 2.45) is 0 Å². The Kier molecular flexibility index (Phi) is 6.53. The van der Waals surface area contributed by atoms with Gasteiger partial charge in [0.15, 0.2) is 5.16 Å². The molecule has 29 heavy (non-hydrogen) atoms. The highest BCUT2D eigenvalue weighted by molar-refractivity contribution is 7.99. The van der Waals surface area contributed by atoms with E-state index in [-0.39, 0.29) is 28.5 Å². The number of rotatable bonds is 8. The van der Waals surface area contributed by atoms with E-state index in [9.17, 15) is 14.4 Å². The van der Waals surface area contributed by atoms with Crippen LogP contribution in [0, 0.1) is 0 Å². The van der Waals surface area contributed by atoms with Crippen molar-refractivity contribution in [3.05, 3.63) is 35.2 Å². The third kappa shape index (κ3) is 4.76. The highest BCUT2D eigenvalue weighted by Crippen LogP contribution is 2.40. The van der Waals surface area contributed by atoms with Crippen LogP contribution in [0.3, 0.4) is 0 Å². The van der Waals surface area contributed by atoms with Gasteiger partial charge in [-0.15, -0.1) is 10.2 Å². The number of esters is 2. The van der Waals surface area contributed by atoms with E-state index in [0.717, 1.165) is 25.2 Å². The van der Waals surface area contributed by atoms with Crippen molar-refractivity contribution in [2.75, 3.05) is 25.3 Å². The Morgan fingerprint density at radius 2 is 1.90 bits per heavy atom. The summed E-state index contributed by atoms with van der Waals surface area (Å²) in [7, 11) is 2.50. The maximum Gasteiger partial charge on any atom is 0.339 e. The number of hydrogen-bond acceptors (Lipinski definition) is 8. The Morgan fingerprint density at radius 3 is 2.52 bits per heavy atom. The molecular formula is C19H22N4O5S. The molecule has 1 fully saturated rings. The fourth-order valence-electron chi connectivity index (χ4n) is 2.84. The lowest BCUT2D eigenvalue weighted by atomic mass is 10.1. The standard InChI is InChI=1S/C19H22N4O5S/c1-4-23-16(11-5-6-11)21-22-19(23)29-10-15(24)20-14-9-12(17(25)27-2)7-8-13(14)18(26)28-3/h7-9,11H,4-6,10H2,1-3H3,(H,20,24). The van der Waals surface area contributed by atoms with E-state index in [4.69, 9.17) is 9.47 Å². The number of aromatic nitrogens is 3. The number of methoxy groups -OCH3 is 2. The van der Waals surface area contributed by atoms with Crippen LogP contribution in [0.25, 0.3) is 0 Å². The Hall–Kier alpha value is -2.88. The van der Waals surface area contributed by atoms with E-state index in [1.54, 1.807) is 0 Å². The highest BCUT2D eigenvalue weighted by Gasteiger charge is 2.30. The largest absolute Gasteiger partial charge is 0.465 e. The van der Waals surface area contributed by atoms with Gasteiger partial charge in [0, 0.05) is 12.5 Å². The van der Waals surface area contributed by atoms with E-state index in [1.807, 2.05) is 11.5 Å². The summed E-state index contributed by atoms with van der Waals surface area (Å²) in [6.45, 7) is 2.75. The second kappa shape index (κ2) is 9.08. The topological polar surface area (TPSA) is 112 Å². The first-order valence-corrected chi connectivity index (χ1v) is 10.1. The van der Waals surface area contributed by atoms with Crippen molar-refractivity contribution in [1.82, 2.24) is 14.8 Å². The fraction of sp³-hybridized carbons (Fsp3) is 0.421. The lowest BCUT2D eigenvalue weighted by molar-refractivity contribution is -0.113. The molecule has 1 N–H and O–H groups in total. The van der Waals surface area contributed by atoms with E-state index in [2.05, 4.69) is 15.5 Å². The number of carbonyl (C=O) groups excluding carboxylic acids is 3. The molecule has 1 saturated carbocycles. The Balaban J connectivity index is 1.72. The molecule has 0 unspecified atom stereocenters. The number of carbonyl (C=O) groups is 3. The maximum absolute atomic E-state index is 12.5. The molecule has 3 rings (SSSR count). The van der Waals surface area contributed by atoms with E-state index in [0.29, 0.717) is 11.1 Å². The molecule has 0 atom stereocenters. The van der Waals surface area contributed by atoms with E-state index >= 15 is 0 Å². The zero-order chi connectivity index (χ0) is 21.0. The first kappa shape index (κ1) is 20.8. The summed E-state index contributed by atoms with van der Waals surface area (Å²) >= 11 is 1.27. The number of hydrogen-bond donors (Lipinski definition) is 1. The number of nitrogens with zero attached hydrogens (tertiary/aromatic N) is 3. The Morgan fingerprint density at radius 1 is 1.17 bits per heavy atom. The van der Waals surface area contributed by atoms with Crippen molar-refractivity contribution >= 4 is 35.3 Å². The molecule has 0 bridgehead atoms. The zero-order valence-corrected chi connectivity index (χ0v) is 17.2. The summed E-state index contributed by atoms with van der Waals surface area (Å²) < 4.78 is 11.5. The number of benzene rings is 1. The van der Waals surface area contributed by atoms with Gasteiger partial charge < -0.3 is 19.4 Å². The molecule has 0 aliphatic heterocycles. The minimum absolute atomic E-state index is 0.0753. The van der Waals surface area contributed by atoms with Crippen LogP contribution >= 0.6 is 11.8 Å². The summed E-state index contributed by atoms with van der Waals surface area (Å²) in [6.07, 6.45) is 2.24. The molecule has 0 radical (unpaired) electrons. The van der Waals surface area contributed by atoms with Crippen LogP contribution in [-0.4, -0.2) is 52.6 Å². The van der Waals surface area contributed by atoms with Crippen LogP contribution in [0.5, 0.6) is 0 Å². The van der Waals surface area contributed by atoms with Crippen LogP contribution in [0.15, 0.2) is 23.4 Å². The predicted octanol–water partition coefficient (Wildman–Crippen LogP) is 2.48. The number of ether oxygens (including phenoxy) is 2. The molecule has 0 spiro atoms. The van der Waals surface area contributed by atoms with Crippen molar-refractivity contribution in [2.45, 2.75) is 37.4 Å². The lowest BCUT2D eigenvalue weighted by Crippen LogP contribution is -2.18. The molecule has 1 heterocycles. The molecule has 1 aromatic carbocycles. The van der Waals surface area contributed by atoms with Crippen LogP contribution < -0.4 is 5.32 Å². The number of nitrogens with one attached hydrogen (secondary N) is 1. The Bertz CT molecular complexity index is 939. The van der Waals surface area contributed by atoms with Crippen LogP contribution in [0.4, 0.5) is 5.69 Å². The fourth-order valence-corrected chi connectivity index (χ4v) is 3.65. The zero-order valence-electron chi connectivity index (χ0n) is 16.4. The number of amides is 1. The quantitative estimate of drug-likeness (QED) is 0.514. The van der Waals surface area contributed by atoms with Gasteiger partial charge in [0.1, 0.15) is 5.82 Å². The van der Waals surface area contributed by atoms with Gasteiger partial charge in [0.05, 0.1) is 36.8 Å². The first-order chi connectivity index (χ1) is 14.0. The van der Waals surface area contributed by atoms with Gasteiger partial charge in [-0.1, -0.05) is 11.8 Å². The summed E-state index contributed by atoms with van der Waals surface area (Å²) in [6, 6.07) is 4.24. The highest BCUT2D eigenvalue weighted by atomic mass is 32.2. The normalized spacial score (nSPS) is 13.1. The minimum Gasteiger partial charge on any atom is -0.465 e. The van der Waals surface area contributed by atoms with Gasteiger partial charge >= 0.3 is 11.9 Å². The van der Waals surface area contributed by atoms with Crippen LogP contribution in [0.2, 0.25) is 0 Å². The molecule has 154 valence electrons. The molecule has 1 aliphatic carbocycles. The third-order valence-electron chi connectivity index (χ3n) is 4.46. The first-order valence-electron chi connectivity index (χ1n) is 9.14. The van der Waals surface area contributed by atoms with Gasteiger partial charge in [-0.3, -0.25) is 4.79 Å². The van der Waals surface area contributed by atoms with E-state index in [1.165, 1.54) is 44.2 Å². The molecular weight excluding hydrogens is 396 g/mol. The SMILES string of the molecule is CCn1c(SCC(=O)Nc2cc(C(=O)OC)ccc2C(=O)OC)nnc1C1CC1. The predicted molar refractivity (Wildman–Crippen MR) is 106 cm³/mol. The van der Waals surface area contributed by atoms with Crippen molar-refractivity contribution in [3.63, 3.8) is 0 Å². The summed E-state index contributed by atoms with van der Waals surface area (Å²) in [5.74, 6) is -0.0327. The van der Waals surface area contributed by atoms with Crippen molar-refractivity contribution in [1.29, 1.82) is 0 Å². The number of anilines is 1. The van der Waals surface area contributed by atoms with Gasteiger partial charge in [-0.2, -0.15) is 0 Å². The van der Waals surface area contributed by atoms with E-state index < -0.39 is 11.9 Å². The second-order valence-electron chi connectivity index (χ2n) is 6.44. The molecule has 2 aromatic rings. The number of thioether (sulfide) groups is 1. The smallest absolute Gasteiger partial charge is 0.339 e. The van der Waals surface area contributed by atoms with Crippen molar-refractivity contribution < 1.29 is 23.9 Å².